The van der Waals surface area contributed by atoms with Crippen LogP contribution in [0.5, 0.6) is 5.75 Å². The zero-order valence-electron chi connectivity index (χ0n) is 19.2. The number of thioether (sulfide) groups is 1. The third-order valence-electron chi connectivity index (χ3n) is 6.40. The summed E-state index contributed by atoms with van der Waals surface area (Å²) in [5.74, 6) is 0.693. The normalized spacial score (nSPS) is 16.2. The van der Waals surface area contributed by atoms with Crippen LogP contribution in [0.3, 0.4) is 0 Å². The number of hydrogen-bond donors (Lipinski definition) is 3. The van der Waals surface area contributed by atoms with Crippen LogP contribution < -0.4 is 10.7 Å². The summed E-state index contributed by atoms with van der Waals surface area (Å²) in [6.07, 6.45) is 3.20. The summed E-state index contributed by atoms with van der Waals surface area (Å²) >= 11 is 1.75. The highest BCUT2D eigenvalue weighted by atomic mass is 32.2. The summed E-state index contributed by atoms with van der Waals surface area (Å²) in [7, 11) is 1.29. The van der Waals surface area contributed by atoms with E-state index in [2.05, 4.69) is 10.3 Å². The van der Waals surface area contributed by atoms with Crippen LogP contribution in [0.15, 0.2) is 45.7 Å². The van der Waals surface area contributed by atoms with Crippen molar-refractivity contribution in [3.8, 4) is 5.75 Å². The first-order chi connectivity index (χ1) is 16.3. The highest BCUT2D eigenvalue weighted by Crippen LogP contribution is 2.44. The van der Waals surface area contributed by atoms with E-state index in [1.54, 1.807) is 18.7 Å². The first-order valence-electron chi connectivity index (χ1n) is 11.2. The van der Waals surface area contributed by atoms with Crippen molar-refractivity contribution in [3.63, 3.8) is 0 Å². The first-order valence-corrected chi connectivity index (χ1v) is 12.3. The molecule has 0 bridgehead atoms. The summed E-state index contributed by atoms with van der Waals surface area (Å²) in [5, 5.41) is 14.3. The van der Waals surface area contributed by atoms with Gasteiger partial charge in [0.1, 0.15) is 11.8 Å². The van der Waals surface area contributed by atoms with Crippen molar-refractivity contribution in [2.24, 2.45) is 0 Å². The van der Waals surface area contributed by atoms with Gasteiger partial charge in [0, 0.05) is 41.4 Å². The van der Waals surface area contributed by atoms with Crippen LogP contribution in [-0.4, -0.2) is 46.6 Å². The second-order valence-electron chi connectivity index (χ2n) is 8.68. The van der Waals surface area contributed by atoms with E-state index >= 15 is 0 Å². The maximum Gasteiger partial charge on any atom is 0.328 e. The molecular weight excluding hydrogens is 456 g/mol. The second-order valence-corrected chi connectivity index (χ2v) is 9.90. The molecule has 1 aliphatic rings. The summed E-state index contributed by atoms with van der Waals surface area (Å²) in [5.41, 5.74) is 0.475. The Morgan fingerprint density at radius 1 is 1.29 bits per heavy atom. The van der Waals surface area contributed by atoms with Gasteiger partial charge in [0.15, 0.2) is 5.76 Å². The number of rotatable bonds is 7. The Hall–Kier alpha value is -3.20. The number of esters is 1. The molecule has 3 N–H and O–H groups in total. The van der Waals surface area contributed by atoms with Gasteiger partial charge in [-0.2, -0.15) is 11.8 Å². The molecule has 1 unspecified atom stereocenters. The van der Waals surface area contributed by atoms with Gasteiger partial charge in [0.2, 0.25) is 17.1 Å². The number of nitrogens with one attached hydrogen (secondary N) is 2. The van der Waals surface area contributed by atoms with E-state index in [0.29, 0.717) is 18.6 Å². The summed E-state index contributed by atoms with van der Waals surface area (Å²) < 4.78 is 10.8. The number of aromatic hydroxyl groups is 1. The lowest BCUT2D eigenvalue weighted by atomic mass is 9.75. The van der Waals surface area contributed by atoms with Crippen molar-refractivity contribution >= 4 is 34.5 Å². The number of methoxy groups -OCH3 is 1. The van der Waals surface area contributed by atoms with Crippen LogP contribution in [0.1, 0.15) is 36.3 Å². The molecule has 1 saturated heterocycles. The minimum atomic E-state index is -0.884. The lowest BCUT2D eigenvalue weighted by molar-refractivity contribution is -0.145. The van der Waals surface area contributed by atoms with Crippen molar-refractivity contribution in [1.82, 2.24) is 10.3 Å². The topological polar surface area (TPSA) is 122 Å². The molecule has 0 radical (unpaired) electrons. The van der Waals surface area contributed by atoms with Gasteiger partial charge in [0.05, 0.1) is 7.11 Å². The quantitative estimate of drug-likeness (QED) is 0.440. The molecule has 34 heavy (non-hydrogen) atoms. The summed E-state index contributed by atoms with van der Waals surface area (Å²) in [4.78, 5) is 41.2. The van der Waals surface area contributed by atoms with Gasteiger partial charge in [-0.15, -0.1) is 0 Å². The largest absolute Gasteiger partial charge is 0.502 e. The molecule has 180 valence electrons. The maximum atomic E-state index is 13.3. The van der Waals surface area contributed by atoms with E-state index in [1.807, 2.05) is 30.5 Å². The zero-order chi connectivity index (χ0) is 24.3. The molecule has 4 rings (SSSR count). The van der Waals surface area contributed by atoms with Crippen LogP contribution in [-0.2, 0) is 26.2 Å². The third-order valence-corrected chi connectivity index (χ3v) is 7.38. The maximum absolute atomic E-state index is 13.3. The number of amides is 1. The third kappa shape index (κ3) is 4.84. The highest BCUT2D eigenvalue weighted by molar-refractivity contribution is 7.99. The van der Waals surface area contributed by atoms with E-state index < -0.39 is 28.6 Å². The number of para-hydroxylation sites is 1. The number of fused-ring (bicyclic) bond motifs is 1. The van der Waals surface area contributed by atoms with Crippen molar-refractivity contribution in [3.05, 3.63) is 63.8 Å². The molecule has 1 atom stereocenters. The number of carbonyl (C=O) groups is 2. The minimum absolute atomic E-state index is 0.0190. The zero-order valence-corrected chi connectivity index (χ0v) is 20.0. The van der Waals surface area contributed by atoms with Crippen molar-refractivity contribution in [2.75, 3.05) is 18.6 Å². The van der Waals surface area contributed by atoms with E-state index in [9.17, 15) is 19.5 Å². The van der Waals surface area contributed by atoms with E-state index in [1.165, 1.54) is 13.2 Å². The average molecular weight is 485 g/mol. The average Bonchev–Trinajstić information content (AvgIpc) is 3.23. The fraction of sp³-hybridized carbons (Fsp3) is 0.400. The SMILES string of the molecule is COC(=O)C(Cc1c[nH]c2ccccc12)NC(=O)CC1(c2oc(C)cc(=O)c2O)CCSCC1. The van der Waals surface area contributed by atoms with Gasteiger partial charge in [-0.3, -0.25) is 9.59 Å². The van der Waals surface area contributed by atoms with E-state index in [0.717, 1.165) is 28.0 Å². The van der Waals surface area contributed by atoms with Crippen molar-refractivity contribution in [2.45, 2.75) is 44.1 Å². The van der Waals surface area contributed by atoms with E-state index in [-0.39, 0.29) is 24.5 Å². The van der Waals surface area contributed by atoms with Gasteiger partial charge in [-0.05, 0) is 42.9 Å². The summed E-state index contributed by atoms with van der Waals surface area (Å²) in [6.45, 7) is 1.64. The number of ether oxygens (including phenoxy) is 1. The second kappa shape index (κ2) is 9.97. The Balaban J connectivity index is 1.59. The number of aryl methyl sites for hydroxylation is 1. The Labute approximate surface area is 201 Å². The Morgan fingerprint density at radius 3 is 2.76 bits per heavy atom. The monoisotopic (exact) mass is 484 g/mol. The smallest absolute Gasteiger partial charge is 0.328 e. The number of carbonyl (C=O) groups excluding carboxylic acids is 2. The molecule has 1 amide bonds. The fourth-order valence-electron chi connectivity index (χ4n) is 4.62. The predicted octanol–water partition coefficient (Wildman–Crippen LogP) is 3.19. The molecule has 1 aromatic carbocycles. The van der Waals surface area contributed by atoms with Crippen molar-refractivity contribution in [1.29, 1.82) is 0 Å². The Bertz CT molecular complexity index is 1260. The molecule has 0 saturated carbocycles. The molecule has 1 aliphatic heterocycles. The van der Waals surface area contributed by atoms with Gasteiger partial charge >= 0.3 is 5.97 Å². The minimum Gasteiger partial charge on any atom is -0.502 e. The number of hydrogen-bond acceptors (Lipinski definition) is 7. The molecule has 3 heterocycles. The number of aromatic nitrogens is 1. The number of H-pyrrole nitrogens is 1. The van der Waals surface area contributed by atoms with Gasteiger partial charge in [-0.25, -0.2) is 4.79 Å². The molecule has 8 nitrogen and oxygen atoms in total. The molecule has 2 aromatic heterocycles. The lowest BCUT2D eigenvalue weighted by Crippen LogP contribution is -2.46. The molecule has 1 fully saturated rings. The summed E-state index contributed by atoms with van der Waals surface area (Å²) in [6, 6.07) is 8.08. The molecule has 0 spiro atoms. The lowest BCUT2D eigenvalue weighted by Gasteiger charge is -2.36. The Morgan fingerprint density at radius 2 is 2.03 bits per heavy atom. The van der Waals surface area contributed by atoms with Crippen LogP contribution >= 0.6 is 11.8 Å². The van der Waals surface area contributed by atoms with Gasteiger partial charge in [0.25, 0.3) is 0 Å². The van der Waals surface area contributed by atoms with Gasteiger partial charge < -0.3 is 24.6 Å². The highest BCUT2D eigenvalue weighted by Gasteiger charge is 2.42. The first kappa shape index (κ1) is 23.9. The predicted molar refractivity (Wildman–Crippen MR) is 130 cm³/mol. The number of benzene rings is 1. The van der Waals surface area contributed by atoms with Gasteiger partial charge in [-0.1, -0.05) is 18.2 Å². The van der Waals surface area contributed by atoms with Crippen LogP contribution in [0, 0.1) is 6.92 Å². The molecule has 3 aromatic rings. The number of aromatic amines is 1. The van der Waals surface area contributed by atoms with Crippen molar-refractivity contribution < 1.29 is 23.8 Å². The van der Waals surface area contributed by atoms with Crippen LogP contribution in [0.25, 0.3) is 10.9 Å². The van der Waals surface area contributed by atoms with E-state index in [4.69, 9.17) is 9.15 Å². The van der Waals surface area contributed by atoms with Crippen LogP contribution in [0.4, 0.5) is 0 Å². The fourth-order valence-corrected chi connectivity index (χ4v) is 5.89. The molecular formula is C25H28N2O6S. The van der Waals surface area contributed by atoms with Crippen LogP contribution in [0.2, 0.25) is 0 Å². The molecule has 0 aliphatic carbocycles. The Kier molecular flexibility index (Phi) is 7.02. The standard InChI is InChI=1S/C25H28N2O6S/c1-15-11-20(28)22(30)23(33-15)25(7-9-34-10-8-25)13-21(29)27-19(24(31)32-2)12-16-14-26-18-6-4-3-5-17(16)18/h3-6,11,14,19,26,30H,7-10,12-13H2,1-2H3,(H,27,29). The molecule has 9 heteroatoms.